The Hall–Kier alpha value is -2.57. The average Bonchev–Trinajstić information content (AvgIpc) is 3.24. The first kappa shape index (κ1) is 22.6. The van der Waals surface area contributed by atoms with Gasteiger partial charge in [-0.3, -0.25) is 19.3 Å². The van der Waals surface area contributed by atoms with E-state index in [0.29, 0.717) is 17.0 Å². The molecule has 2 heterocycles. The lowest BCUT2D eigenvalue weighted by atomic mass is 9.97. The molecule has 1 aromatic carbocycles. The van der Waals surface area contributed by atoms with Crippen LogP contribution in [0.25, 0.3) is 0 Å². The highest BCUT2D eigenvalue weighted by atomic mass is 16.5. The Balaban J connectivity index is 1.61. The maximum Gasteiger partial charge on any atom is 0.271 e. The van der Waals surface area contributed by atoms with Gasteiger partial charge in [-0.25, -0.2) is 0 Å². The van der Waals surface area contributed by atoms with Gasteiger partial charge in [0, 0.05) is 23.7 Å². The number of anilines is 1. The van der Waals surface area contributed by atoms with Crippen molar-refractivity contribution in [1.82, 2.24) is 10.2 Å². The van der Waals surface area contributed by atoms with E-state index in [4.69, 9.17) is 4.74 Å². The van der Waals surface area contributed by atoms with Crippen molar-refractivity contribution in [3.05, 3.63) is 23.8 Å². The lowest BCUT2D eigenvalue weighted by Crippen LogP contribution is -2.57. The maximum absolute atomic E-state index is 13.3. The van der Waals surface area contributed by atoms with E-state index >= 15 is 0 Å². The fourth-order valence-corrected chi connectivity index (χ4v) is 5.33. The number of ether oxygens (including phenoxy) is 1. The first-order valence-corrected chi connectivity index (χ1v) is 11.9. The molecule has 1 aromatic rings. The van der Waals surface area contributed by atoms with Gasteiger partial charge in [-0.05, 0) is 78.0 Å². The molecule has 3 aliphatic rings. The topological polar surface area (TPSA) is 79.0 Å². The first-order chi connectivity index (χ1) is 15.2. The molecule has 0 spiro atoms. The molecule has 7 nitrogen and oxygen atoms in total. The normalized spacial score (nSPS) is 25.3. The number of fused-ring (bicyclic) bond motifs is 1. The van der Waals surface area contributed by atoms with Gasteiger partial charge in [0.25, 0.3) is 11.8 Å². The van der Waals surface area contributed by atoms with E-state index in [9.17, 15) is 14.4 Å². The SMILES string of the molecule is C[C@@H]1CCC[C@H](C)N1C(=O)CN1C(=O)C(C)(C)Oc2ccc(C(=O)NC3CCCC3)cc21. The van der Waals surface area contributed by atoms with E-state index < -0.39 is 5.60 Å². The summed E-state index contributed by atoms with van der Waals surface area (Å²) in [6.07, 6.45) is 7.32. The molecule has 4 rings (SSSR count). The number of hydrogen-bond acceptors (Lipinski definition) is 4. The summed E-state index contributed by atoms with van der Waals surface area (Å²) in [4.78, 5) is 42.8. The number of carbonyl (C=O) groups excluding carboxylic acids is 3. The van der Waals surface area contributed by atoms with Gasteiger partial charge >= 0.3 is 0 Å². The number of likely N-dealkylation sites (tertiary alicyclic amines) is 1. The molecule has 174 valence electrons. The third-order valence-corrected chi connectivity index (χ3v) is 7.10. The van der Waals surface area contributed by atoms with Crippen LogP contribution in [0.3, 0.4) is 0 Å². The molecular weight excluding hydrogens is 406 g/mol. The third kappa shape index (κ3) is 4.34. The van der Waals surface area contributed by atoms with Crippen molar-refractivity contribution in [3.8, 4) is 5.75 Å². The molecule has 0 radical (unpaired) electrons. The largest absolute Gasteiger partial charge is 0.476 e. The fraction of sp³-hybridized carbons (Fsp3) is 0.640. The Morgan fingerprint density at radius 1 is 1.06 bits per heavy atom. The third-order valence-electron chi connectivity index (χ3n) is 7.10. The monoisotopic (exact) mass is 441 g/mol. The van der Waals surface area contributed by atoms with Gasteiger partial charge in [0.2, 0.25) is 5.91 Å². The van der Waals surface area contributed by atoms with Crippen molar-refractivity contribution in [2.24, 2.45) is 0 Å². The zero-order valence-corrected chi connectivity index (χ0v) is 19.6. The van der Waals surface area contributed by atoms with Gasteiger partial charge in [0.05, 0.1) is 5.69 Å². The minimum Gasteiger partial charge on any atom is -0.476 e. The van der Waals surface area contributed by atoms with Gasteiger partial charge in [-0.2, -0.15) is 0 Å². The molecule has 2 fully saturated rings. The molecule has 0 aromatic heterocycles. The molecule has 2 atom stereocenters. The van der Waals surface area contributed by atoms with Crippen molar-refractivity contribution in [3.63, 3.8) is 0 Å². The zero-order chi connectivity index (χ0) is 23.0. The lowest BCUT2D eigenvalue weighted by molar-refractivity contribution is -0.139. The molecule has 3 amide bonds. The average molecular weight is 442 g/mol. The molecular formula is C25H35N3O4. The van der Waals surface area contributed by atoms with E-state index in [1.54, 1.807) is 32.0 Å². The summed E-state index contributed by atoms with van der Waals surface area (Å²) < 4.78 is 5.95. The first-order valence-electron chi connectivity index (χ1n) is 11.9. The predicted molar refractivity (Wildman–Crippen MR) is 123 cm³/mol. The summed E-state index contributed by atoms with van der Waals surface area (Å²) in [6, 6.07) is 5.65. The number of nitrogens with one attached hydrogen (secondary N) is 1. The highest BCUT2D eigenvalue weighted by Gasteiger charge is 2.43. The van der Waals surface area contributed by atoms with Crippen LogP contribution in [-0.2, 0) is 9.59 Å². The predicted octanol–water partition coefficient (Wildman–Crippen LogP) is 3.65. The molecule has 1 aliphatic carbocycles. The highest BCUT2D eigenvalue weighted by molar-refractivity contribution is 6.07. The Morgan fingerprint density at radius 3 is 2.38 bits per heavy atom. The second-order valence-corrected chi connectivity index (χ2v) is 10.1. The number of piperidine rings is 1. The zero-order valence-electron chi connectivity index (χ0n) is 19.6. The van der Waals surface area contributed by atoms with Gasteiger partial charge in [-0.15, -0.1) is 0 Å². The Bertz CT molecular complexity index is 896. The van der Waals surface area contributed by atoms with Crippen molar-refractivity contribution < 1.29 is 19.1 Å². The Kier molecular flexibility index (Phi) is 6.19. The molecule has 1 N–H and O–H groups in total. The minimum absolute atomic E-state index is 0.0546. The molecule has 1 saturated heterocycles. The van der Waals surface area contributed by atoms with Crippen LogP contribution in [0.4, 0.5) is 5.69 Å². The van der Waals surface area contributed by atoms with Crippen LogP contribution in [0, 0.1) is 0 Å². The van der Waals surface area contributed by atoms with Gasteiger partial charge < -0.3 is 15.0 Å². The second kappa shape index (κ2) is 8.75. The molecule has 0 bridgehead atoms. The summed E-state index contributed by atoms with van der Waals surface area (Å²) in [5.74, 6) is 0.0209. The van der Waals surface area contributed by atoms with Crippen LogP contribution < -0.4 is 15.0 Å². The van der Waals surface area contributed by atoms with Crippen molar-refractivity contribution in [2.75, 3.05) is 11.4 Å². The summed E-state index contributed by atoms with van der Waals surface area (Å²) in [6.45, 7) is 7.50. The minimum atomic E-state index is -1.08. The molecule has 1 saturated carbocycles. The van der Waals surface area contributed by atoms with Gasteiger partial charge in [0.15, 0.2) is 5.60 Å². The molecule has 0 unspecified atom stereocenters. The number of carbonyl (C=O) groups is 3. The van der Waals surface area contributed by atoms with Crippen LogP contribution in [0.1, 0.15) is 83.0 Å². The number of nitrogens with zero attached hydrogens (tertiary/aromatic N) is 2. The summed E-state index contributed by atoms with van der Waals surface area (Å²) in [7, 11) is 0. The summed E-state index contributed by atoms with van der Waals surface area (Å²) in [5, 5.41) is 3.09. The second-order valence-electron chi connectivity index (χ2n) is 10.1. The summed E-state index contributed by atoms with van der Waals surface area (Å²) >= 11 is 0. The lowest BCUT2D eigenvalue weighted by Gasteiger charge is -2.42. The smallest absolute Gasteiger partial charge is 0.271 e. The Labute approximate surface area is 190 Å². The molecule has 2 aliphatic heterocycles. The standard InChI is InChI=1S/C25H35N3O4/c1-16-8-7-9-17(2)28(16)22(29)15-27-20-14-18(23(30)26-19-10-5-6-11-19)12-13-21(20)32-25(3,4)24(27)31/h12-14,16-17,19H,5-11,15H2,1-4H3,(H,26,30)/t16-,17+. The van der Waals surface area contributed by atoms with Crippen LogP contribution >= 0.6 is 0 Å². The molecule has 7 heteroatoms. The van der Waals surface area contributed by atoms with Crippen LogP contribution in [0.5, 0.6) is 5.75 Å². The van der Waals surface area contributed by atoms with E-state index in [-0.39, 0.29) is 42.4 Å². The van der Waals surface area contributed by atoms with Crippen LogP contribution in [0.15, 0.2) is 18.2 Å². The van der Waals surface area contributed by atoms with Crippen LogP contribution in [0.2, 0.25) is 0 Å². The summed E-state index contributed by atoms with van der Waals surface area (Å²) in [5.41, 5.74) is -0.122. The van der Waals surface area contributed by atoms with Gasteiger partial charge in [0.1, 0.15) is 12.3 Å². The fourth-order valence-electron chi connectivity index (χ4n) is 5.33. The van der Waals surface area contributed by atoms with E-state index in [0.717, 1.165) is 44.9 Å². The molecule has 32 heavy (non-hydrogen) atoms. The van der Waals surface area contributed by atoms with Gasteiger partial charge in [-0.1, -0.05) is 12.8 Å². The maximum atomic E-state index is 13.3. The van der Waals surface area contributed by atoms with Crippen molar-refractivity contribution in [1.29, 1.82) is 0 Å². The van der Waals surface area contributed by atoms with Crippen molar-refractivity contribution in [2.45, 2.75) is 96.4 Å². The number of rotatable bonds is 4. The van der Waals surface area contributed by atoms with E-state index in [2.05, 4.69) is 19.2 Å². The number of amides is 3. The quantitative estimate of drug-likeness (QED) is 0.774. The Morgan fingerprint density at radius 2 is 1.72 bits per heavy atom. The number of hydrogen-bond donors (Lipinski definition) is 1. The number of benzene rings is 1. The highest BCUT2D eigenvalue weighted by Crippen LogP contribution is 2.39. The van der Waals surface area contributed by atoms with E-state index in [1.807, 2.05) is 4.90 Å². The van der Waals surface area contributed by atoms with E-state index in [1.165, 1.54) is 4.90 Å². The van der Waals surface area contributed by atoms with Crippen molar-refractivity contribution >= 4 is 23.4 Å². The van der Waals surface area contributed by atoms with Crippen LogP contribution in [-0.4, -0.2) is 52.9 Å².